The predicted molar refractivity (Wildman–Crippen MR) is 85.3 cm³/mol. The fourth-order valence-corrected chi connectivity index (χ4v) is 2.14. The molecular weight excluding hydrogens is 278 g/mol. The molecule has 2 rings (SSSR count). The summed E-state index contributed by atoms with van der Waals surface area (Å²) >= 11 is 0. The molecule has 0 spiro atoms. The van der Waals surface area contributed by atoms with Gasteiger partial charge in [-0.25, -0.2) is 4.79 Å². The molecule has 0 bridgehead atoms. The number of hydrogen-bond acceptors (Lipinski definition) is 3. The molecule has 0 aromatic heterocycles. The summed E-state index contributed by atoms with van der Waals surface area (Å²) in [5, 5.41) is 2.76. The Morgan fingerprint density at radius 3 is 2.68 bits per heavy atom. The number of hydrogen-bond donors (Lipinski definition) is 1. The fraction of sp³-hybridized carbons (Fsp3) is 0.111. The SMILES string of the molecule is C=CC(=O)NCc1ccccc1-c1cccc(C(=O)OC)c1. The minimum Gasteiger partial charge on any atom is -0.465 e. The van der Waals surface area contributed by atoms with Gasteiger partial charge in [0.1, 0.15) is 0 Å². The normalized spacial score (nSPS) is 9.86. The van der Waals surface area contributed by atoms with Gasteiger partial charge in [0.25, 0.3) is 0 Å². The van der Waals surface area contributed by atoms with Crippen molar-refractivity contribution in [3.63, 3.8) is 0 Å². The Kier molecular flexibility index (Phi) is 5.09. The molecule has 0 unspecified atom stereocenters. The van der Waals surface area contributed by atoms with Crippen LogP contribution in [0.15, 0.2) is 61.2 Å². The van der Waals surface area contributed by atoms with Crippen molar-refractivity contribution < 1.29 is 14.3 Å². The zero-order valence-corrected chi connectivity index (χ0v) is 12.3. The summed E-state index contributed by atoms with van der Waals surface area (Å²) in [5.41, 5.74) is 3.30. The molecule has 4 heteroatoms. The Balaban J connectivity index is 2.34. The van der Waals surface area contributed by atoms with E-state index in [0.29, 0.717) is 12.1 Å². The van der Waals surface area contributed by atoms with Gasteiger partial charge in [-0.2, -0.15) is 0 Å². The van der Waals surface area contributed by atoms with E-state index in [1.807, 2.05) is 30.3 Å². The number of carbonyl (C=O) groups is 2. The van der Waals surface area contributed by atoms with E-state index in [1.54, 1.807) is 18.2 Å². The molecule has 2 aromatic rings. The predicted octanol–water partition coefficient (Wildman–Crippen LogP) is 2.94. The average molecular weight is 295 g/mol. The molecule has 0 heterocycles. The van der Waals surface area contributed by atoms with Gasteiger partial charge in [0.2, 0.25) is 5.91 Å². The van der Waals surface area contributed by atoms with Crippen LogP contribution in [0, 0.1) is 0 Å². The molecule has 112 valence electrons. The second-order valence-corrected chi connectivity index (χ2v) is 4.65. The average Bonchev–Trinajstić information content (AvgIpc) is 2.59. The van der Waals surface area contributed by atoms with Crippen molar-refractivity contribution >= 4 is 11.9 Å². The van der Waals surface area contributed by atoms with Crippen molar-refractivity contribution in [1.29, 1.82) is 0 Å². The van der Waals surface area contributed by atoms with Crippen molar-refractivity contribution in [3.05, 3.63) is 72.3 Å². The highest BCUT2D eigenvalue weighted by Gasteiger charge is 2.09. The summed E-state index contributed by atoms with van der Waals surface area (Å²) < 4.78 is 4.74. The summed E-state index contributed by atoms with van der Waals surface area (Å²) in [4.78, 5) is 23.0. The van der Waals surface area contributed by atoms with Crippen molar-refractivity contribution in [2.75, 3.05) is 7.11 Å². The number of carbonyl (C=O) groups excluding carboxylic acids is 2. The summed E-state index contributed by atoms with van der Waals surface area (Å²) in [6.45, 7) is 3.82. The van der Waals surface area contributed by atoms with Crippen LogP contribution in [0.3, 0.4) is 0 Å². The molecule has 22 heavy (non-hydrogen) atoms. The second kappa shape index (κ2) is 7.22. The summed E-state index contributed by atoms with van der Waals surface area (Å²) in [6.07, 6.45) is 1.24. The smallest absolute Gasteiger partial charge is 0.337 e. The first-order valence-corrected chi connectivity index (χ1v) is 6.82. The highest BCUT2D eigenvalue weighted by molar-refractivity contribution is 5.91. The number of amides is 1. The third-order valence-electron chi connectivity index (χ3n) is 3.25. The van der Waals surface area contributed by atoms with Gasteiger partial charge in [0.05, 0.1) is 12.7 Å². The molecule has 1 N–H and O–H groups in total. The Morgan fingerprint density at radius 1 is 1.18 bits per heavy atom. The zero-order valence-electron chi connectivity index (χ0n) is 12.3. The van der Waals surface area contributed by atoms with E-state index in [0.717, 1.165) is 16.7 Å². The minimum absolute atomic E-state index is 0.224. The van der Waals surface area contributed by atoms with E-state index in [-0.39, 0.29) is 11.9 Å². The number of esters is 1. The Hall–Kier alpha value is -2.88. The third-order valence-corrected chi connectivity index (χ3v) is 3.25. The van der Waals surface area contributed by atoms with Crippen molar-refractivity contribution in [3.8, 4) is 11.1 Å². The third kappa shape index (κ3) is 3.61. The van der Waals surface area contributed by atoms with Crippen molar-refractivity contribution in [2.24, 2.45) is 0 Å². The molecular formula is C18H17NO3. The molecule has 0 saturated heterocycles. The van der Waals surface area contributed by atoms with E-state index < -0.39 is 0 Å². The van der Waals surface area contributed by atoms with Gasteiger partial charge in [-0.1, -0.05) is 43.0 Å². The van der Waals surface area contributed by atoms with Crippen LogP contribution < -0.4 is 5.32 Å². The Morgan fingerprint density at radius 2 is 1.95 bits per heavy atom. The number of rotatable bonds is 5. The lowest BCUT2D eigenvalue weighted by atomic mass is 9.98. The molecule has 0 radical (unpaired) electrons. The van der Waals surface area contributed by atoms with Gasteiger partial charge in [0, 0.05) is 6.54 Å². The van der Waals surface area contributed by atoms with Crippen LogP contribution in [0.5, 0.6) is 0 Å². The molecule has 0 saturated carbocycles. The maximum absolute atomic E-state index is 11.6. The van der Waals surface area contributed by atoms with Gasteiger partial charge >= 0.3 is 5.97 Å². The van der Waals surface area contributed by atoms with Crippen molar-refractivity contribution in [2.45, 2.75) is 6.54 Å². The quantitative estimate of drug-likeness (QED) is 0.681. The molecule has 0 aliphatic heterocycles. The van der Waals surface area contributed by atoms with Crippen LogP contribution in [0.25, 0.3) is 11.1 Å². The van der Waals surface area contributed by atoms with Crippen LogP contribution in [0.4, 0.5) is 0 Å². The minimum atomic E-state index is -0.376. The Bertz CT molecular complexity index is 707. The van der Waals surface area contributed by atoms with Gasteiger partial charge in [-0.05, 0) is 34.9 Å². The number of methoxy groups -OCH3 is 1. The maximum atomic E-state index is 11.6. The van der Waals surface area contributed by atoms with Crippen LogP contribution in [-0.4, -0.2) is 19.0 Å². The van der Waals surface area contributed by atoms with Gasteiger partial charge in [0.15, 0.2) is 0 Å². The topological polar surface area (TPSA) is 55.4 Å². The lowest BCUT2D eigenvalue weighted by molar-refractivity contribution is -0.116. The number of benzene rings is 2. The highest BCUT2D eigenvalue weighted by atomic mass is 16.5. The summed E-state index contributed by atoms with van der Waals surface area (Å²) in [7, 11) is 1.35. The molecule has 4 nitrogen and oxygen atoms in total. The van der Waals surface area contributed by atoms with E-state index in [4.69, 9.17) is 4.74 Å². The summed E-state index contributed by atoms with van der Waals surface area (Å²) in [5.74, 6) is -0.600. The van der Waals surface area contributed by atoms with Gasteiger partial charge < -0.3 is 10.1 Å². The molecule has 0 atom stereocenters. The fourth-order valence-electron chi connectivity index (χ4n) is 2.14. The van der Waals surface area contributed by atoms with Crippen LogP contribution in [-0.2, 0) is 16.1 Å². The van der Waals surface area contributed by atoms with Gasteiger partial charge in [-0.3, -0.25) is 4.79 Å². The molecule has 0 aliphatic carbocycles. The largest absolute Gasteiger partial charge is 0.465 e. The lowest BCUT2D eigenvalue weighted by Gasteiger charge is -2.11. The number of nitrogens with one attached hydrogen (secondary N) is 1. The molecule has 2 aromatic carbocycles. The first-order chi connectivity index (χ1) is 10.7. The monoisotopic (exact) mass is 295 g/mol. The van der Waals surface area contributed by atoms with E-state index in [2.05, 4.69) is 11.9 Å². The standard InChI is InChI=1S/C18H17NO3/c1-3-17(20)19-12-15-7-4-5-10-16(15)13-8-6-9-14(11-13)18(21)22-2/h3-11H,1,12H2,2H3,(H,19,20). The van der Waals surface area contributed by atoms with Crippen molar-refractivity contribution in [1.82, 2.24) is 5.32 Å². The highest BCUT2D eigenvalue weighted by Crippen LogP contribution is 2.24. The van der Waals surface area contributed by atoms with E-state index in [1.165, 1.54) is 13.2 Å². The van der Waals surface area contributed by atoms with Crippen LogP contribution >= 0.6 is 0 Å². The lowest BCUT2D eigenvalue weighted by Crippen LogP contribution is -2.20. The van der Waals surface area contributed by atoms with Crippen LogP contribution in [0.2, 0.25) is 0 Å². The second-order valence-electron chi connectivity index (χ2n) is 4.65. The van der Waals surface area contributed by atoms with E-state index >= 15 is 0 Å². The van der Waals surface area contributed by atoms with Gasteiger partial charge in [-0.15, -0.1) is 0 Å². The molecule has 0 aliphatic rings. The zero-order chi connectivity index (χ0) is 15.9. The van der Waals surface area contributed by atoms with Crippen LogP contribution in [0.1, 0.15) is 15.9 Å². The summed E-state index contributed by atoms with van der Waals surface area (Å²) in [6, 6.07) is 14.9. The van der Waals surface area contributed by atoms with E-state index in [9.17, 15) is 9.59 Å². The first-order valence-electron chi connectivity index (χ1n) is 6.82. The molecule has 1 amide bonds. The molecule has 0 fully saturated rings. The Labute approximate surface area is 129 Å². The maximum Gasteiger partial charge on any atom is 0.337 e. The first kappa shape index (κ1) is 15.5. The number of ether oxygens (including phenoxy) is 1.